The maximum absolute atomic E-state index is 13.6. The van der Waals surface area contributed by atoms with Gasteiger partial charge in [0, 0.05) is 23.1 Å². The maximum atomic E-state index is 13.6. The first-order valence-corrected chi connectivity index (χ1v) is 10.4. The van der Waals surface area contributed by atoms with Crippen molar-refractivity contribution < 1.29 is 13.2 Å². The van der Waals surface area contributed by atoms with E-state index in [4.69, 9.17) is 11.5 Å². The molecule has 1 aliphatic heterocycles. The predicted octanol–water partition coefficient (Wildman–Crippen LogP) is 3.95. The van der Waals surface area contributed by atoms with Gasteiger partial charge in [-0.3, -0.25) is 4.98 Å². The van der Waals surface area contributed by atoms with Gasteiger partial charge in [-0.25, -0.2) is 9.98 Å². The van der Waals surface area contributed by atoms with Crippen LogP contribution in [0.15, 0.2) is 46.4 Å². The minimum atomic E-state index is -4.49. The van der Waals surface area contributed by atoms with Gasteiger partial charge in [0.05, 0.1) is 16.9 Å². The lowest BCUT2D eigenvalue weighted by atomic mass is 9.93. The molecule has 2 aliphatic rings. The number of aliphatic imine (C=N–C) groups is 2. The summed E-state index contributed by atoms with van der Waals surface area (Å²) in [4.78, 5) is 13.1. The van der Waals surface area contributed by atoms with Crippen LogP contribution in [0, 0.1) is 5.92 Å². The molecule has 5 N–H and O–H groups in total. The topological polar surface area (TPSA) is 102 Å². The Hall–Kier alpha value is -2.94. The van der Waals surface area contributed by atoms with E-state index in [0.29, 0.717) is 17.2 Å². The fourth-order valence-corrected chi connectivity index (χ4v) is 3.78. The van der Waals surface area contributed by atoms with Gasteiger partial charge in [0.25, 0.3) is 0 Å². The molecule has 2 heterocycles. The zero-order valence-electron chi connectivity index (χ0n) is 17.0. The molecule has 1 saturated carbocycles. The Bertz CT molecular complexity index is 1000. The van der Waals surface area contributed by atoms with E-state index in [0.717, 1.165) is 44.8 Å². The molecule has 0 spiro atoms. The van der Waals surface area contributed by atoms with Crippen molar-refractivity contribution in [2.45, 2.75) is 37.8 Å². The Balaban J connectivity index is 1.78. The second-order valence-corrected chi connectivity index (χ2v) is 7.98. The largest absolute Gasteiger partial charge is 0.417 e. The molecule has 0 amide bonds. The van der Waals surface area contributed by atoms with Crippen molar-refractivity contribution in [1.29, 1.82) is 0 Å². The van der Waals surface area contributed by atoms with Crippen LogP contribution in [-0.2, 0) is 6.18 Å². The molecule has 0 radical (unpaired) electrons. The van der Waals surface area contributed by atoms with Gasteiger partial charge in [-0.2, -0.15) is 13.2 Å². The summed E-state index contributed by atoms with van der Waals surface area (Å²) in [5.74, 6) is 0.804. The number of hydrogen-bond acceptors (Lipinski definition) is 3. The first-order valence-electron chi connectivity index (χ1n) is 10.4. The Morgan fingerprint density at radius 1 is 1.03 bits per heavy atom. The number of amidine groups is 1. The van der Waals surface area contributed by atoms with Gasteiger partial charge in [-0.1, -0.05) is 18.2 Å². The molecule has 0 atom stereocenters. The smallest absolute Gasteiger partial charge is 0.387 e. The van der Waals surface area contributed by atoms with Crippen LogP contribution < -0.4 is 16.8 Å². The number of aromatic nitrogens is 1. The van der Waals surface area contributed by atoms with E-state index in [9.17, 15) is 13.2 Å². The Kier molecular flexibility index (Phi) is 5.95. The van der Waals surface area contributed by atoms with Crippen LogP contribution in [0.1, 0.15) is 42.9 Å². The van der Waals surface area contributed by atoms with Crippen molar-refractivity contribution in [3.05, 3.63) is 47.7 Å². The van der Waals surface area contributed by atoms with Crippen LogP contribution in [0.5, 0.6) is 0 Å². The van der Waals surface area contributed by atoms with E-state index in [1.807, 2.05) is 0 Å². The van der Waals surface area contributed by atoms with Crippen LogP contribution in [0.3, 0.4) is 0 Å². The Labute approximate surface area is 178 Å². The number of alkyl halides is 3. The van der Waals surface area contributed by atoms with E-state index in [-0.39, 0.29) is 29.1 Å². The summed E-state index contributed by atoms with van der Waals surface area (Å²) < 4.78 is 40.8. The lowest BCUT2D eigenvalue weighted by Crippen LogP contribution is -2.27. The minimum absolute atomic E-state index is 0.0121. The highest BCUT2D eigenvalue weighted by atomic mass is 19.4. The molecule has 4 rings (SSSR count). The molecule has 2 fully saturated rings. The first kappa shape index (κ1) is 21.3. The molecule has 9 heteroatoms. The molecule has 1 saturated heterocycles. The van der Waals surface area contributed by atoms with Gasteiger partial charge in [0.15, 0.2) is 0 Å². The highest BCUT2D eigenvalue weighted by Crippen LogP contribution is 2.38. The molecule has 31 heavy (non-hydrogen) atoms. The second kappa shape index (κ2) is 8.66. The summed E-state index contributed by atoms with van der Waals surface area (Å²) in [5, 5.41) is 3.29. The zero-order chi connectivity index (χ0) is 22.0. The number of nitrogens with zero attached hydrogens (tertiary/aromatic N) is 3. The fraction of sp³-hybridized carbons (Fsp3) is 0.409. The molecule has 1 aromatic heterocycles. The maximum Gasteiger partial charge on any atom is 0.417 e. The van der Waals surface area contributed by atoms with Crippen molar-refractivity contribution in [2.24, 2.45) is 27.4 Å². The van der Waals surface area contributed by atoms with Crippen LogP contribution >= 0.6 is 0 Å². The molecular weight excluding hydrogens is 405 g/mol. The average Bonchev–Trinajstić information content (AvgIpc) is 3.59. The number of nitrogens with two attached hydrogens (primary N) is 2. The Morgan fingerprint density at radius 2 is 1.74 bits per heavy atom. The van der Waals surface area contributed by atoms with E-state index >= 15 is 0 Å². The SMILES string of the molecule is NC(=Nc1cc(-c2ccccc2C(F)(F)F)nc(C2CCNCC2)c1)N=C(N)C1CC1. The number of pyridine rings is 1. The number of nitrogens with one attached hydrogen (secondary N) is 1. The third-order valence-electron chi connectivity index (χ3n) is 5.58. The van der Waals surface area contributed by atoms with E-state index in [2.05, 4.69) is 20.3 Å². The number of hydrogen-bond donors (Lipinski definition) is 3. The lowest BCUT2D eigenvalue weighted by molar-refractivity contribution is -0.137. The van der Waals surface area contributed by atoms with Crippen molar-refractivity contribution in [3.63, 3.8) is 0 Å². The third kappa shape index (κ3) is 5.22. The van der Waals surface area contributed by atoms with Gasteiger partial charge in [-0.15, -0.1) is 0 Å². The summed E-state index contributed by atoms with van der Waals surface area (Å²) >= 11 is 0. The first-order chi connectivity index (χ1) is 14.8. The lowest BCUT2D eigenvalue weighted by Gasteiger charge is -2.23. The van der Waals surface area contributed by atoms with E-state index < -0.39 is 11.7 Å². The quantitative estimate of drug-likeness (QED) is 0.505. The molecule has 164 valence electrons. The Morgan fingerprint density at radius 3 is 2.42 bits per heavy atom. The average molecular weight is 430 g/mol. The predicted molar refractivity (Wildman–Crippen MR) is 115 cm³/mol. The number of halogens is 3. The summed E-state index contributed by atoms with van der Waals surface area (Å²) in [5.41, 5.74) is 12.5. The number of benzene rings is 1. The van der Waals surface area contributed by atoms with Gasteiger partial charge in [0.1, 0.15) is 5.84 Å². The molecule has 1 aromatic carbocycles. The van der Waals surface area contributed by atoms with Crippen molar-refractivity contribution in [1.82, 2.24) is 10.3 Å². The molecule has 1 aliphatic carbocycles. The van der Waals surface area contributed by atoms with Gasteiger partial charge >= 0.3 is 6.18 Å². The van der Waals surface area contributed by atoms with Crippen molar-refractivity contribution >= 4 is 17.5 Å². The summed E-state index contributed by atoms with van der Waals surface area (Å²) in [7, 11) is 0. The van der Waals surface area contributed by atoms with Crippen LogP contribution in [-0.4, -0.2) is 29.9 Å². The molecule has 2 aromatic rings. The number of guanidine groups is 1. The van der Waals surface area contributed by atoms with Gasteiger partial charge in [-0.05, 0) is 57.0 Å². The van der Waals surface area contributed by atoms with Crippen molar-refractivity contribution in [2.75, 3.05) is 13.1 Å². The normalized spacial score (nSPS) is 18.9. The highest BCUT2D eigenvalue weighted by Gasteiger charge is 2.34. The molecule has 6 nitrogen and oxygen atoms in total. The van der Waals surface area contributed by atoms with Gasteiger partial charge in [0.2, 0.25) is 5.96 Å². The van der Waals surface area contributed by atoms with E-state index in [1.165, 1.54) is 18.2 Å². The second-order valence-electron chi connectivity index (χ2n) is 7.98. The highest BCUT2D eigenvalue weighted by molar-refractivity contribution is 5.97. The molecule has 0 bridgehead atoms. The fourth-order valence-electron chi connectivity index (χ4n) is 3.78. The van der Waals surface area contributed by atoms with Crippen LogP contribution in [0.4, 0.5) is 18.9 Å². The van der Waals surface area contributed by atoms with E-state index in [1.54, 1.807) is 12.1 Å². The molecular formula is C22H25F3N6. The summed E-state index contributed by atoms with van der Waals surface area (Å²) in [6, 6.07) is 8.73. The van der Waals surface area contributed by atoms with Gasteiger partial charge < -0.3 is 16.8 Å². The molecule has 0 unspecified atom stereocenters. The minimum Gasteiger partial charge on any atom is -0.387 e. The number of piperidine rings is 1. The summed E-state index contributed by atoms with van der Waals surface area (Å²) in [6.07, 6.45) is -0.827. The van der Waals surface area contributed by atoms with Crippen LogP contribution in [0.25, 0.3) is 11.3 Å². The third-order valence-corrected chi connectivity index (χ3v) is 5.58. The standard InChI is InChI=1S/C22H25F3N6/c23-22(24,25)17-4-2-1-3-16(17)19-12-15(29-21(27)31-20(26)14-5-6-14)11-18(30-19)13-7-9-28-10-8-13/h1-4,11-14,28H,5-10H2,(H4,26,27,29,30,31). The summed E-state index contributed by atoms with van der Waals surface area (Å²) in [6.45, 7) is 1.66. The number of rotatable bonds is 4. The monoisotopic (exact) mass is 430 g/mol. The van der Waals surface area contributed by atoms with Crippen molar-refractivity contribution in [3.8, 4) is 11.3 Å². The van der Waals surface area contributed by atoms with Crippen LogP contribution in [0.2, 0.25) is 0 Å². The zero-order valence-corrected chi connectivity index (χ0v) is 17.0.